The molecule has 0 spiro atoms. The summed E-state index contributed by atoms with van der Waals surface area (Å²) in [7, 11) is 0. The van der Waals surface area contributed by atoms with E-state index in [2.05, 4.69) is 30.7 Å². The largest absolute Gasteiger partial charge is 0.374 e. The third kappa shape index (κ3) is 3.93. The number of thiophene rings is 1. The molecule has 2 nitrogen and oxygen atoms in total. The Kier molecular flexibility index (Phi) is 4.77. The van der Waals surface area contributed by atoms with Crippen LogP contribution in [0.15, 0.2) is 16.8 Å². The Morgan fingerprint density at radius 1 is 1.53 bits per heavy atom. The Bertz CT molecular complexity index is 269. The van der Waals surface area contributed by atoms with Crippen LogP contribution in [0.3, 0.4) is 0 Å². The van der Waals surface area contributed by atoms with Gasteiger partial charge in [-0.1, -0.05) is 0 Å². The predicted molar refractivity (Wildman–Crippen MR) is 66.3 cm³/mol. The molecule has 1 atom stereocenters. The van der Waals surface area contributed by atoms with Crippen LogP contribution in [-0.2, 0) is 11.2 Å². The van der Waals surface area contributed by atoms with Gasteiger partial charge in [-0.15, -0.1) is 0 Å². The molecule has 0 aliphatic heterocycles. The van der Waals surface area contributed by atoms with Gasteiger partial charge < -0.3 is 10.5 Å². The van der Waals surface area contributed by atoms with Gasteiger partial charge in [0.25, 0.3) is 0 Å². The SMILES string of the molecule is CCOC(C)(C)C(N)CCc1ccsc1. The molecule has 0 bridgehead atoms. The first kappa shape index (κ1) is 12.7. The lowest BCUT2D eigenvalue weighted by molar-refractivity contribution is -0.0305. The highest BCUT2D eigenvalue weighted by molar-refractivity contribution is 7.07. The van der Waals surface area contributed by atoms with E-state index in [0.29, 0.717) is 0 Å². The first-order valence-corrected chi connectivity index (χ1v) is 6.41. The Labute approximate surface area is 96.4 Å². The van der Waals surface area contributed by atoms with E-state index >= 15 is 0 Å². The average Bonchev–Trinajstić information content (AvgIpc) is 2.66. The molecule has 1 unspecified atom stereocenters. The van der Waals surface area contributed by atoms with E-state index in [4.69, 9.17) is 10.5 Å². The summed E-state index contributed by atoms with van der Waals surface area (Å²) in [5.41, 5.74) is 7.29. The van der Waals surface area contributed by atoms with Crippen LogP contribution in [0.1, 0.15) is 32.8 Å². The average molecular weight is 227 g/mol. The van der Waals surface area contributed by atoms with E-state index in [9.17, 15) is 0 Å². The van der Waals surface area contributed by atoms with Crippen molar-refractivity contribution in [3.63, 3.8) is 0 Å². The summed E-state index contributed by atoms with van der Waals surface area (Å²) in [6.07, 6.45) is 2.02. The molecule has 1 aromatic rings. The summed E-state index contributed by atoms with van der Waals surface area (Å²) < 4.78 is 5.64. The van der Waals surface area contributed by atoms with E-state index in [1.54, 1.807) is 11.3 Å². The molecule has 2 N–H and O–H groups in total. The fraction of sp³-hybridized carbons (Fsp3) is 0.667. The van der Waals surface area contributed by atoms with Gasteiger partial charge in [-0.2, -0.15) is 11.3 Å². The lowest BCUT2D eigenvalue weighted by Gasteiger charge is -2.31. The molecule has 1 rings (SSSR count). The molecule has 0 radical (unpaired) electrons. The Morgan fingerprint density at radius 2 is 2.27 bits per heavy atom. The molecule has 1 aromatic heterocycles. The van der Waals surface area contributed by atoms with Gasteiger partial charge in [-0.3, -0.25) is 0 Å². The third-order valence-electron chi connectivity index (χ3n) is 2.73. The van der Waals surface area contributed by atoms with Gasteiger partial charge in [0.15, 0.2) is 0 Å². The number of hydrogen-bond donors (Lipinski definition) is 1. The molecule has 3 heteroatoms. The summed E-state index contributed by atoms with van der Waals surface area (Å²) in [6, 6.07) is 2.25. The van der Waals surface area contributed by atoms with Crippen LogP contribution >= 0.6 is 11.3 Å². The van der Waals surface area contributed by atoms with Gasteiger partial charge >= 0.3 is 0 Å². The van der Waals surface area contributed by atoms with Crippen molar-refractivity contribution in [3.05, 3.63) is 22.4 Å². The van der Waals surface area contributed by atoms with Gasteiger partial charge in [0.1, 0.15) is 0 Å². The maximum atomic E-state index is 6.13. The van der Waals surface area contributed by atoms with E-state index < -0.39 is 0 Å². The van der Waals surface area contributed by atoms with Gasteiger partial charge in [0, 0.05) is 12.6 Å². The minimum Gasteiger partial charge on any atom is -0.374 e. The molecule has 0 saturated carbocycles. The molecular formula is C12H21NOS. The summed E-state index contributed by atoms with van der Waals surface area (Å²) in [5, 5.41) is 4.29. The van der Waals surface area contributed by atoms with Gasteiger partial charge in [-0.25, -0.2) is 0 Å². The predicted octanol–water partition coefficient (Wildman–Crippen LogP) is 2.82. The monoisotopic (exact) mass is 227 g/mol. The van der Waals surface area contributed by atoms with Crippen molar-refractivity contribution in [3.8, 4) is 0 Å². The maximum absolute atomic E-state index is 6.13. The number of aryl methyl sites for hydroxylation is 1. The molecule has 0 aromatic carbocycles. The van der Waals surface area contributed by atoms with Crippen molar-refractivity contribution in [2.45, 2.75) is 45.3 Å². The highest BCUT2D eigenvalue weighted by atomic mass is 32.1. The highest BCUT2D eigenvalue weighted by Gasteiger charge is 2.26. The molecule has 0 aliphatic carbocycles. The Hall–Kier alpha value is -0.380. The zero-order valence-electron chi connectivity index (χ0n) is 9.82. The van der Waals surface area contributed by atoms with Crippen LogP contribution in [-0.4, -0.2) is 18.2 Å². The minimum absolute atomic E-state index is 0.0948. The van der Waals surface area contributed by atoms with Crippen LogP contribution in [0.25, 0.3) is 0 Å². The van der Waals surface area contributed by atoms with E-state index in [0.717, 1.165) is 19.4 Å². The fourth-order valence-corrected chi connectivity index (χ4v) is 2.29. The van der Waals surface area contributed by atoms with Gasteiger partial charge in [0.2, 0.25) is 0 Å². The standard InChI is InChI=1S/C12H21NOS/c1-4-14-12(2,3)11(13)6-5-10-7-8-15-9-10/h7-9,11H,4-6,13H2,1-3H3. The van der Waals surface area contributed by atoms with Crippen molar-refractivity contribution in [1.82, 2.24) is 0 Å². The van der Waals surface area contributed by atoms with Crippen molar-refractivity contribution < 1.29 is 4.74 Å². The van der Waals surface area contributed by atoms with Crippen molar-refractivity contribution in [2.75, 3.05) is 6.61 Å². The topological polar surface area (TPSA) is 35.2 Å². The van der Waals surface area contributed by atoms with Crippen LogP contribution in [0, 0.1) is 0 Å². The van der Waals surface area contributed by atoms with E-state index in [-0.39, 0.29) is 11.6 Å². The second-order valence-electron chi connectivity index (χ2n) is 4.31. The quantitative estimate of drug-likeness (QED) is 0.811. The van der Waals surface area contributed by atoms with Crippen molar-refractivity contribution in [2.24, 2.45) is 5.73 Å². The smallest absolute Gasteiger partial charge is 0.0776 e. The molecule has 0 amide bonds. The molecular weight excluding hydrogens is 206 g/mol. The Morgan fingerprint density at radius 3 is 2.80 bits per heavy atom. The minimum atomic E-state index is -0.217. The number of ether oxygens (including phenoxy) is 1. The summed E-state index contributed by atoms with van der Waals surface area (Å²) in [6.45, 7) is 6.86. The van der Waals surface area contributed by atoms with E-state index in [1.165, 1.54) is 5.56 Å². The molecule has 86 valence electrons. The zero-order chi connectivity index (χ0) is 11.3. The zero-order valence-corrected chi connectivity index (χ0v) is 10.6. The second-order valence-corrected chi connectivity index (χ2v) is 5.09. The van der Waals surface area contributed by atoms with Crippen molar-refractivity contribution >= 4 is 11.3 Å². The number of rotatable bonds is 6. The molecule has 0 fully saturated rings. The van der Waals surface area contributed by atoms with Crippen LogP contribution in [0.5, 0.6) is 0 Å². The van der Waals surface area contributed by atoms with Crippen LogP contribution in [0.4, 0.5) is 0 Å². The first-order chi connectivity index (χ1) is 7.06. The highest BCUT2D eigenvalue weighted by Crippen LogP contribution is 2.18. The van der Waals surface area contributed by atoms with Crippen LogP contribution in [0.2, 0.25) is 0 Å². The molecule has 0 aliphatic rings. The lowest BCUT2D eigenvalue weighted by Crippen LogP contribution is -2.45. The number of nitrogens with two attached hydrogens (primary N) is 1. The first-order valence-electron chi connectivity index (χ1n) is 5.47. The van der Waals surface area contributed by atoms with Crippen LogP contribution < -0.4 is 5.73 Å². The fourth-order valence-electron chi connectivity index (χ4n) is 1.58. The second kappa shape index (κ2) is 5.64. The molecule has 0 saturated heterocycles. The number of hydrogen-bond acceptors (Lipinski definition) is 3. The van der Waals surface area contributed by atoms with Crippen molar-refractivity contribution in [1.29, 1.82) is 0 Å². The Balaban J connectivity index is 2.38. The molecule has 1 heterocycles. The normalized spacial score (nSPS) is 14.1. The van der Waals surface area contributed by atoms with Gasteiger partial charge in [-0.05, 0) is 56.0 Å². The van der Waals surface area contributed by atoms with E-state index in [1.807, 2.05) is 6.92 Å². The van der Waals surface area contributed by atoms with Gasteiger partial charge in [0.05, 0.1) is 5.60 Å². The maximum Gasteiger partial charge on any atom is 0.0776 e. The third-order valence-corrected chi connectivity index (χ3v) is 3.47. The summed E-state index contributed by atoms with van der Waals surface area (Å²) in [5.74, 6) is 0. The molecule has 15 heavy (non-hydrogen) atoms. The summed E-state index contributed by atoms with van der Waals surface area (Å²) >= 11 is 1.74. The lowest BCUT2D eigenvalue weighted by atomic mass is 9.94. The summed E-state index contributed by atoms with van der Waals surface area (Å²) in [4.78, 5) is 0.